The van der Waals surface area contributed by atoms with E-state index in [0.29, 0.717) is 6.54 Å². The van der Waals surface area contributed by atoms with Gasteiger partial charge < -0.3 is 14.9 Å². The zero-order valence-corrected chi connectivity index (χ0v) is 19.2. The second kappa shape index (κ2) is 8.99. The van der Waals surface area contributed by atoms with Crippen LogP contribution in [0.1, 0.15) is 47.2 Å². The molecule has 170 valence electrons. The first kappa shape index (κ1) is 21.7. The van der Waals surface area contributed by atoms with Crippen LogP contribution in [-0.2, 0) is 12.6 Å². The van der Waals surface area contributed by atoms with Crippen LogP contribution in [-0.4, -0.2) is 41.6 Å². The summed E-state index contributed by atoms with van der Waals surface area (Å²) in [5.41, 5.74) is 2.08. The van der Waals surface area contributed by atoms with Crippen molar-refractivity contribution in [3.8, 4) is 0 Å². The van der Waals surface area contributed by atoms with Crippen LogP contribution >= 0.6 is 0 Å². The van der Waals surface area contributed by atoms with E-state index in [2.05, 4.69) is 11.0 Å². The minimum absolute atomic E-state index is 0.000822. The summed E-state index contributed by atoms with van der Waals surface area (Å²) in [6.07, 6.45) is 7.89. The molecule has 5 heteroatoms. The number of likely N-dealkylation sites (tertiary alicyclic amines) is 1. The van der Waals surface area contributed by atoms with Crippen LogP contribution in [0.25, 0.3) is 0 Å². The van der Waals surface area contributed by atoms with Gasteiger partial charge in [0.2, 0.25) is 0 Å². The summed E-state index contributed by atoms with van der Waals surface area (Å²) in [7, 11) is 1.95. The molecule has 33 heavy (non-hydrogen) atoms. The number of aromatic nitrogens is 1. The molecule has 0 bridgehead atoms. The van der Waals surface area contributed by atoms with Gasteiger partial charge in [-0.05, 0) is 36.8 Å². The number of nitrogens with zero attached hydrogens (tertiary/aromatic N) is 3. The lowest BCUT2D eigenvalue weighted by Crippen LogP contribution is -2.51. The summed E-state index contributed by atoms with van der Waals surface area (Å²) in [5, 5.41) is 12.3. The third-order valence-corrected chi connectivity index (χ3v) is 7.18. The molecule has 0 aliphatic carbocycles. The summed E-state index contributed by atoms with van der Waals surface area (Å²) >= 11 is 0. The molecule has 1 N–H and O–H groups in total. The molecule has 3 heterocycles. The van der Waals surface area contributed by atoms with E-state index in [1.165, 1.54) is 0 Å². The van der Waals surface area contributed by atoms with Gasteiger partial charge in [-0.2, -0.15) is 0 Å². The molecule has 5 nitrogen and oxygen atoms in total. The lowest BCUT2D eigenvalue weighted by Gasteiger charge is -2.40. The van der Waals surface area contributed by atoms with Crippen LogP contribution in [0.3, 0.4) is 0 Å². The Bertz CT molecular complexity index is 1070. The Kier molecular flexibility index (Phi) is 5.90. The van der Waals surface area contributed by atoms with Gasteiger partial charge in [-0.3, -0.25) is 4.79 Å². The normalized spacial score (nSPS) is 18.7. The van der Waals surface area contributed by atoms with E-state index >= 15 is 0 Å². The maximum absolute atomic E-state index is 14.1. The van der Waals surface area contributed by atoms with Gasteiger partial charge in [0.15, 0.2) is 12.4 Å². The number of aryl methyl sites for hydroxylation is 1. The maximum atomic E-state index is 14.1. The van der Waals surface area contributed by atoms with Gasteiger partial charge in [-0.1, -0.05) is 60.7 Å². The highest BCUT2D eigenvalue weighted by molar-refractivity contribution is 5.99. The van der Waals surface area contributed by atoms with Crippen LogP contribution in [0.4, 0.5) is 5.69 Å². The first-order chi connectivity index (χ1) is 16.1. The van der Waals surface area contributed by atoms with Crippen molar-refractivity contribution >= 4 is 11.6 Å². The second-order valence-electron chi connectivity index (χ2n) is 9.26. The fourth-order valence-electron chi connectivity index (χ4n) is 5.52. The highest BCUT2D eigenvalue weighted by atomic mass is 16.3. The Morgan fingerprint density at radius 3 is 2.12 bits per heavy atom. The molecular formula is C28H32N3O2+. The molecule has 0 radical (unpaired) electrons. The number of aliphatic hydroxyl groups is 1. The van der Waals surface area contributed by atoms with E-state index in [1.54, 1.807) is 0 Å². The summed E-state index contributed by atoms with van der Waals surface area (Å²) in [6.45, 7) is 2.61. The van der Waals surface area contributed by atoms with Gasteiger partial charge in [0.05, 0.1) is 11.7 Å². The molecule has 0 spiro atoms. The first-order valence-corrected chi connectivity index (χ1v) is 12.0. The van der Waals surface area contributed by atoms with Crippen molar-refractivity contribution in [1.29, 1.82) is 0 Å². The average Bonchev–Trinajstić information content (AvgIpc) is 3.57. The van der Waals surface area contributed by atoms with Crippen LogP contribution in [0.2, 0.25) is 0 Å². The predicted molar refractivity (Wildman–Crippen MR) is 129 cm³/mol. The van der Waals surface area contributed by atoms with E-state index in [9.17, 15) is 9.90 Å². The molecule has 2 aromatic carbocycles. The summed E-state index contributed by atoms with van der Waals surface area (Å²) in [5.74, 6) is 0.000822. The van der Waals surface area contributed by atoms with Crippen molar-refractivity contribution in [1.82, 2.24) is 4.90 Å². The van der Waals surface area contributed by atoms with Crippen molar-refractivity contribution < 1.29 is 14.5 Å². The zero-order valence-electron chi connectivity index (χ0n) is 19.2. The highest BCUT2D eigenvalue weighted by Crippen LogP contribution is 2.41. The molecule has 2 fully saturated rings. The lowest BCUT2D eigenvalue weighted by atomic mass is 9.79. The van der Waals surface area contributed by atoms with Crippen LogP contribution in [0.5, 0.6) is 0 Å². The summed E-state index contributed by atoms with van der Waals surface area (Å²) < 4.78 is 1.94. The Morgan fingerprint density at radius 1 is 0.909 bits per heavy atom. The molecule has 0 unspecified atom stereocenters. The van der Waals surface area contributed by atoms with Gasteiger partial charge in [-0.15, -0.1) is 0 Å². The number of hydrogen-bond acceptors (Lipinski definition) is 3. The van der Waals surface area contributed by atoms with Gasteiger partial charge in [-0.25, -0.2) is 4.57 Å². The van der Waals surface area contributed by atoms with E-state index in [0.717, 1.165) is 61.2 Å². The lowest BCUT2D eigenvalue weighted by molar-refractivity contribution is -0.671. The van der Waals surface area contributed by atoms with Crippen molar-refractivity contribution in [3.63, 3.8) is 0 Å². The zero-order chi connectivity index (χ0) is 22.8. The predicted octanol–water partition coefficient (Wildman–Crippen LogP) is 3.65. The Morgan fingerprint density at radius 2 is 1.52 bits per heavy atom. The molecule has 0 saturated carbocycles. The summed E-state index contributed by atoms with van der Waals surface area (Å²) in [6, 6.07) is 21.3. The van der Waals surface area contributed by atoms with Crippen LogP contribution < -0.4 is 9.47 Å². The van der Waals surface area contributed by atoms with Gasteiger partial charge >= 0.3 is 0 Å². The van der Waals surface area contributed by atoms with Crippen molar-refractivity contribution in [2.24, 2.45) is 7.05 Å². The average molecular weight is 443 g/mol. The van der Waals surface area contributed by atoms with Crippen molar-refractivity contribution in [2.45, 2.75) is 37.3 Å². The molecular weight excluding hydrogens is 410 g/mol. The number of benzene rings is 2. The second-order valence-corrected chi connectivity index (χ2v) is 9.26. The smallest absolute Gasteiger partial charge is 0.262 e. The topological polar surface area (TPSA) is 47.7 Å². The Balaban J connectivity index is 1.57. The molecule has 5 rings (SSSR count). The fraction of sp³-hybridized carbons (Fsp3) is 0.357. The van der Waals surface area contributed by atoms with E-state index in [-0.39, 0.29) is 11.9 Å². The maximum Gasteiger partial charge on any atom is 0.262 e. The largest absolute Gasteiger partial charge is 0.378 e. The standard InChI is InChI=1S/C28H32N3O2/c1-29-20-16-25(30-17-8-9-18-30)24(21-29)27(32)31-19-10-15-26(31)28(33,22-11-4-2-5-12-22)23-13-6-3-7-14-23/h2-7,11-14,16,20-21,26,33H,8-10,15,17-19H2,1H3/q+1/t26-/m0/s1. The third kappa shape index (κ3) is 3.91. The SMILES string of the molecule is C[n+]1ccc(N2CCCC2)c(C(=O)N2CCC[C@H]2C(O)(c2ccccc2)c2ccccc2)c1. The molecule has 2 aliphatic rings. The molecule has 1 aromatic heterocycles. The van der Waals surface area contributed by atoms with E-state index in [4.69, 9.17) is 0 Å². The van der Waals surface area contributed by atoms with Gasteiger partial charge in [0.25, 0.3) is 5.91 Å². The van der Waals surface area contributed by atoms with Crippen LogP contribution in [0.15, 0.2) is 79.1 Å². The number of carbonyl (C=O) groups excluding carboxylic acids is 1. The number of carbonyl (C=O) groups is 1. The Hall–Kier alpha value is -3.18. The summed E-state index contributed by atoms with van der Waals surface area (Å²) in [4.78, 5) is 18.3. The molecule has 2 aliphatic heterocycles. The number of pyridine rings is 1. The number of rotatable bonds is 5. The number of anilines is 1. The molecule has 3 aromatic rings. The molecule has 2 saturated heterocycles. The third-order valence-electron chi connectivity index (χ3n) is 7.18. The minimum Gasteiger partial charge on any atom is -0.378 e. The fourth-order valence-corrected chi connectivity index (χ4v) is 5.52. The van der Waals surface area contributed by atoms with E-state index in [1.807, 2.05) is 89.6 Å². The van der Waals surface area contributed by atoms with Crippen LogP contribution in [0, 0.1) is 0 Å². The van der Waals surface area contributed by atoms with Gasteiger partial charge in [0.1, 0.15) is 18.2 Å². The highest BCUT2D eigenvalue weighted by Gasteiger charge is 2.47. The van der Waals surface area contributed by atoms with Crippen molar-refractivity contribution in [2.75, 3.05) is 24.5 Å². The first-order valence-electron chi connectivity index (χ1n) is 12.0. The Labute approximate surface area is 195 Å². The molecule has 1 amide bonds. The number of amides is 1. The van der Waals surface area contributed by atoms with Gasteiger partial charge in [0, 0.05) is 25.7 Å². The molecule has 1 atom stereocenters. The monoisotopic (exact) mass is 442 g/mol. The number of hydrogen-bond donors (Lipinski definition) is 1. The van der Waals surface area contributed by atoms with Crippen molar-refractivity contribution in [3.05, 3.63) is 95.8 Å². The minimum atomic E-state index is -1.28. The van der Waals surface area contributed by atoms with E-state index < -0.39 is 5.60 Å². The quantitative estimate of drug-likeness (QED) is 0.614.